The summed E-state index contributed by atoms with van der Waals surface area (Å²) in [5.74, 6) is 1.53. The fourth-order valence-electron chi connectivity index (χ4n) is 3.53. The summed E-state index contributed by atoms with van der Waals surface area (Å²) in [7, 11) is 3.22. The Morgan fingerprint density at radius 3 is 2.52 bits per heavy atom. The SMILES string of the molecule is COc1ccc(CC(=O)N2CCCC2Cc2ccccc2)cc1OC. The minimum atomic E-state index is 0.186. The van der Waals surface area contributed by atoms with Crippen LogP contribution in [0.25, 0.3) is 0 Å². The molecular formula is C21H25NO3. The molecule has 132 valence electrons. The van der Waals surface area contributed by atoms with Crippen LogP contribution in [0, 0.1) is 0 Å². The zero-order valence-electron chi connectivity index (χ0n) is 14.9. The Morgan fingerprint density at radius 2 is 1.80 bits per heavy atom. The van der Waals surface area contributed by atoms with Crippen molar-refractivity contribution in [2.45, 2.75) is 31.7 Å². The van der Waals surface area contributed by atoms with Crippen molar-refractivity contribution >= 4 is 5.91 Å². The lowest BCUT2D eigenvalue weighted by Crippen LogP contribution is -2.37. The fourth-order valence-corrected chi connectivity index (χ4v) is 3.53. The number of hydrogen-bond donors (Lipinski definition) is 0. The van der Waals surface area contributed by atoms with E-state index >= 15 is 0 Å². The second-order valence-electron chi connectivity index (χ2n) is 6.44. The number of likely N-dealkylation sites (tertiary alicyclic amines) is 1. The van der Waals surface area contributed by atoms with E-state index in [0.717, 1.165) is 31.4 Å². The molecule has 1 unspecified atom stereocenters. The van der Waals surface area contributed by atoms with Crippen LogP contribution in [-0.2, 0) is 17.6 Å². The molecule has 1 fully saturated rings. The van der Waals surface area contributed by atoms with Crippen molar-refractivity contribution in [2.24, 2.45) is 0 Å². The zero-order valence-corrected chi connectivity index (χ0v) is 14.9. The summed E-state index contributed by atoms with van der Waals surface area (Å²) < 4.78 is 10.6. The van der Waals surface area contributed by atoms with Crippen LogP contribution in [0.4, 0.5) is 0 Å². The number of benzene rings is 2. The third-order valence-corrected chi connectivity index (χ3v) is 4.81. The summed E-state index contributed by atoms with van der Waals surface area (Å²) in [4.78, 5) is 14.9. The number of methoxy groups -OCH3 is 2. The van der Waals surface area contributed by atoms with E-state index in [-0.39, 0.29) is 5.91 Å². The Bertz CT molecular complexity index is 714. The standard InChI is InChI=1S/C21H25NO3/c1-24-19-11-10-17(14-20(19)25-2)15-21(23)22-12-6-9-18(22)13-16-7-4-3-5-8-16/h3-5,7-8,10-11,14,18H,6,9,12-13,15H2,1-2H3. The van der Waals surface area contributed by atoms with E-state index < -0.39 is 0 Å². The quantitative estimate of drug-likeness (QED) is 0.809. The molecule has 4 heteroatoms. The first-order chi connectivity index (χ1) is 12.2. The summed E-state index contributed by atoms with van der Waals surface area (Å²) in [5.41, 5.74) is 2.24. The van der Waals surface area contributed by atoms with E-state index in [4.69, 9.17) is 9.47 Å². The van der Waals surface area contributed by atoms with Crippen LogP contribution in [-0.4, -0.2) is 37.6 Å². The van der Waals surface area contributed by atoms with Crippen LogP contribution in [0.15, 0.2) is 48.5 Å². The molecule has 25 heavy (non-hydrogen) atoms. The molecule has 0 saturated carbocycles. The van der Waals surface area contributed by atoms with Crippen molar-refractivity contribution < 1.29 is 14.3 Å². The van der Waals surface area contributed by atoms with Crippen molar-refractivity contribution in [3.05, 3.63) is 59.7 Å². The summed E-state index contributed by atoms with van der Waals surface area (Å²) in [6.45, 7) is 0.851. The number of hydrogen-bond acceptors (Lipinski definition) is 3. The largest absolute Gasteiger partial charge is 0.493 e. The number of amides is 1. The van der Waals surface area contributed by atoms with Gasteiger partial charge in [-0.1, -0.05) is 36.4 Å². The predicted molar refractivity (Wildman–Crippen MR) is 98.1 cm³/mol. The molecule has 0 N–H and O–H groups in total. The number of carbonyl (C=O) groups is 1. The van der Waals surface area contributed by atoms with Crippen LogP contribution in [0.3, 0.4) is 0 Å². The van der Waals surface area contributed by atoms with Gasteiger partial charge < -0.3 is 14.4 Å². The molecule has 1 atom stereocenters. The molecule has 0 radical (unpaired) electrons. The van der Waals surface area contributed by atoms with Crippen molar-refractivity contribution in [3.63, 3.8) is 0 Å². The summed E-state index contributed by atoms with van der Waals surface area (Å²) in [6.07, 6.45) is 3.48. The molecule has 4 nitrogen and oxygen atoms in total. The van der Waals surface area contributed by atoms with Crippen molar-refractivity contribution in [3.8, 4) is 11.5 Å². The maximum Gasteiger partial charge on any atom is 0.227 e. The summed E-state index contributed by atoms with van der Waals surface area (Å²) in [5, 5.41) is 0. The van der Waals surface area contributed by atoms with E-state index in [0.29, 0.717) is 24.0 Å². The second kappa shape index (κ2) is 8.06. The van der Waals surface area contributed by atoms with Gasteiger partial charge >= 0.3 is 0 Å². The molecule has 1 amide bonds. The minimum Gasteiger partial charge on any atom is -0.493 e. The average Bonchev–Trinajstić information content (AvgIpc) is 3.10. The van der Waals surface area contributed by atoms with Crippen LogP contribution in [0.5, 0.6) is 11.5 Å². The third kappa shape index (κ3) is 4.13. The van der Waals surface area contributed by atoms with Gasteiger partial charge in [-0.15, -0.1) is 0 Å². The molecule has 2 aromatic rings. The smallest absolute Gasteiger partial charge is 0.227 e. The van der Waals surface area contributed by atoms with E-state index in [9.17, 15) is 4.79 Å². The van der Waals surface area contributed by atoms with E-state index in [1.54, 1.807) is 14.2 Å². The first kappa shape index (κ1) is 17.3. The van der Waals surface area contributed by atoms with Crippen LogP contribution < -0.4 is 9.47 Å². The van der Waals surface area contributed by atoms with Gasteiger partial charge in [-0.3, -0.25) is 4.79 Å². The lowest BCUT2D eigenvalue weighted by atomic mass is 10.0. The predicted octanol–water partition coefficient (Wildman–Crippen LogP) is 3.48. The Balaban J connectivity index is 1.67. The highest BCUT2D eigenvalue weighted by Gasteiger charge is 2.28. The van der Waals surface area contributed by atoms with Gasteiger partial charge in [0.05, 0.1) is 20.6 Å². The average molecular weight is 339 g/mol. The van der Waals surface area contributed by atoms with Crippen molar-refractivity contribution in [1.82, 2.24) is 4.90 Å². The topological polar surface area (TPSA) is 38.8 Å². The lowest BCUT2D eigenvalue weighted by molar-refractivity contribution is -0.131. The molecule has 0 aliphatic carbocycles. The highest BCUT2D eigenvalue weighted by Crippen LogP contribution is 2.28. The zero-order chi connectivity index (χ0) is 17.6. The number of ether oxygens (including phenoxy) is 2. The van der Waals surface area contributed by atoms with Gasteiger partial charge in [-0.25, -0.2) is 0 Å². The molecule has 3 rings (SSSR count). The molecule has 2 aromatic carbocycles. The molecular weight excluding hydrogens is 314 g/mol. The number of carbonyl (C=O) groups excluding carboxylic acids is 1. The number of rotatable bonds is 6. The molecule has 1 aliphatic rings. The molecule has 0 bridgehead atoms. The number of nitrogens with zero attached hydrogens (tertiary/aromatic N) is 1. The highest BCUT2D eigenvalue weighted by molar-refractivity contribution is 5.79. The normalized spacial score (nSPS) is 16.7. The van der Waals surface area contributed by atoms with Crippen molar-refractivity contribution in [2.75, 3.05) is 20.8 Å². The fraction of sp³-hybridized carbons (Fsp3) is 0.381. The molecule has 1 heterocycles. The Kier molecular flexibility index (Phi) is 5.59. The van der Waals surface area contributed by atoms with Gasteiger partial charge in [0, 0.05) is 12.6 Å². The Morgan fingerprint density at radius 1 is 1.04 bits per heavy atom. The van der Waals surface area contributed by atoms with Gasteiger partial charge in [0.25, 0.3) is 0 Å². The van der Waals surface area contributed by atoms with E-state index in [2.05, 4.69) is 24.3 Å². The summed E-state index contributed by atoms with van der Waals surface area (Å²) in [6, 6.07) is 16.4. The van der Waals surface area contributed by atoms with Crippen LogP contribution in [0.2, 0.25) is 0 Å². The molecule has 1 saturated heterocycles. The van der Waals surface area contributed by atoms with Gasteiger partial charge in [0.15, 0.2) is 11.5 Å². The van der Waals surface area contributed by atoms with Gasteiger partial charge in [0.1, 0.15) is 0 Å². The van der Waals surface area contributed by atoms with Gasteiger partial charge in [-0.05, 0) is 42.5 Å². The lowest BCUT2D eigenvalue weighted by Gasteiger charge is -2.25. The van der Waals surface area contributed by atoms with E-state index in [1.807, 2.05) is 29.2 Å². The maximum absolute atomic E-state index is 12.8. The second-order valence-corrected chi connectivity index (χ2v) is 6.44. The Labute approximate surface area is 149 Å². The van der Waals surface area contributed by atoms with Crippen LogP contribution in [0.1, 0.15) is 24.0 Å². The van der Waals surface area contributed by atoms with E-state index in [1.165, 1.54) is 5.56 Å². The third-order valence-electron chi connectivity index (χ3n) is 4.81. The molecule has 0 aromatic heterocycles. The Hall–Kier alpha value is -2.49. The summed E-state index contributed by atoms with van der Waals surface area (Å²) >= 11 is 0. The van der Waals surface area contributed by atoms with Crippen LogP contribution >= 0.6 is 0 Å². The minimum absolute atomic E-state index is 0.186. The van der Waals surface area contributed by atoms with Gasteiger partial charge in [-0.2, -0.15) is 0 Å². The van der Waals surface area contributed by atoms with Crippen molar-refractivity contribution in [1.29, 1.82) is 0 Å². The molecule has 0 spiro atoms. The first-order valence-corrected chi connectivity index (χ1v) is 8.75. The molecule has 1 aliphatic heterocycles. The first-order valence-electron chi connectivity index (χ1n) is 8.75. The monoisotopic (exact) mass is 339 g/mol. The maximum atomic E-state index is 12.8. The highest BCUT2D eigenvalue weighted by atomic mass is 16.5. The van der Waals surface area contributed by atoms with Gasteiger partial charge in [0.2, 0.25) is 5.91 Å².